The number of nitrogens with one attached hydrogen (secondary N) is 1. The number of allylic oxidation sites excluding steroid dienone is 1. The van der Waals surface area contributed by atoms with Crippen LogP contribution in [0.15, 0.2) is 87.6 Å². The number of anilines is 1. The van der Waals surface area contributed by atoms with E-state index in [1.807, 2.05) is 68.4 Å². The molecular formula is C31H31BrN4O4S. The number of carbonyl (C=O) groups is 1. The van der Waals surface area contributed by atoms with Gasteiger partial charge in [0.15, 0.2) is 11.5 Å². The molecule has 0 fully saturated rings. The van der Waals surface area contributed by atoms with Crippen LogP contribution in [0.1, 0.15) is 42.1 Å². The molecule has 1 aliphatic heterocycles. The number of halogens is 1. The Kier molecular flexibility index (Phi) is 8.99. The largest absolute Gasteiger partial charge is 0.493 e. The number of benzene rings is 3. The third kappa shape index (κ3) is 6.44. The van der Waals surface area contributed by atoms with Gasteiger partial charge in [0.25, 0.3) is 0 Å². The molecule has 0 saturated carbocycles. The van der Waals surface area contributed by atoms with E-state index in [2.05, 4.69) is 45.3 Å². The molecule has 10 heteroatoms. The third-order valence-corrected chi connectivity index (χ3v) is 7.88. The van der Waals surface area contributed by atoms with Crippen molar-refractivity contribution in [2.45, 2.75) is 45.2 Å². The minimum Gasteiger partial charge on any atom is -0.493 e. The number of hydrogen-bond acceptors (Lipinski definition) is 8. The van der Waals surface area contributed by atoms with E-state index in [9.17, 15) is 4.79 Å². The van der Waals surface area contributed by atoms with Crippen LogP contribution in [-0.2, 0) is 22.7 Å². The summed E-state index contributed by atoms with van der Waals surface area (Å²) in [7, 11) is 1.60. The molecule has 1 aromatic heterocycles. The number of nitrogens with zero attached hydrogens (tertiary/aromatic N) is 3. The Morgan fingerprint density at radius 2 is 1.83 bits per heavy atom. The molecule has 2 heterocycles. The van der Waals surface area contributed by atoms with E-state index in [0.29, 0.717) is 45.0 Å². The van der Waals surface area contributed by atoms with Crippen molar-refractivity contribution in [2.75, 3.05) is 18.2 Å². The van der Waals surface area contributed by atoms with Crippen LogP contribution in [0.2, 0.25) is 0 Å². The zero-order valence-corrected chi connectivity index (χ0v) is 25.7. The Balaban J connectivity index is 1.51. The van der Waals surface area contributed by atoms with Gasteiger partial charge in [-0.3, -0.25) is 0 Å². The van der Waals surface area contributed by atoms with Crippen LogP contribution in [-0.4, -0.2) is 33.6 Å². The minimum atomic E-state index is -0.607. The number of methoxy groups -OCH3 is 1. The lowest BCUT2D eigenvalue weighted by Gasteiger charge is -2.29. The van der Waals surface area contributed by atoms with Crippen molar-refractivity contribution >= 4 is 39.6 Å². The van der Waals surface area contributed by atoms with Crippen molar-refractivity contribution < 1.29 is 19.0 Å². The van der Waals surface area contributed by atoms with Crippen LogP contribution in [0.25, 0.3) is 0 Å². The average molecular weight is 636 g/mol. The number of esters is 1. The third-order valence-electron chi connectivity index (χ3n) is 6.57. The molecule has 1 aliphatic rings. The molecule has 0 radical (unpaired) electrons. The lowest BCUT2D eigenvalue weighted by atomic mass is 9.95. The summed E-state index contributed by atoms with van der Waals surface area (Å²) in [6, 6.07) is 21.0. The highest BCUT2D eigenvalue weighted by Crippen LogP contribution is 2.43. The second kappa shape index (κ2) is 12.8. The molecule has 0 aliphatic carbocycles. The summed E-state index contributed by atoms with van der Waals surface area (Å²) in [5.74, 6) is 2.03. The van der Waals surface area contributed by atoms with Crippen LogP contribution in [0.4, 0.5) is 5.95 Å². The number of fused-ring (bicyclic) bond motifs is 1. The van der Waals surface area contributed by atoms with Crippen LogP contribution in [0, 0.1) is 6.92 Å². The maximum absolute atomic E-state index is 13.6. The van der Waals surface area contributed by atoms with Gasteiger partial charge in [0.2, 0.25) is 11.1 Å². The second-order valence-corrected chi connectivity index (χ2v) is 11.6. The molecule has 4 aromatic rings. The number of rotatable bonds is 10. The summed E-state index contributed by atoms with van der Waals surface area (Å²) in [5, 5.41) is 8.63. The lowest BCUT2D eigenvalue weighted by molar-refractivity contribution is -0.140. The summed E-state index contributed by atoms with van der Waals surface area (Å²) in [6.45, 7) is 6.48. The Hall–Kier alpha value is -3.76. The van der Waals surface area contributed by atoms with Gasteiger partial charge in [-0.15, -0.1) is 5.10 Å². The Morgan fingerprint density at radius 1 is 1.05 bits per heavy atom. The Morgan fingerprint density at radius 3 is 2.56 bits per heavy atom. The first-order chi connectivity index (χ1) is 19.9. The first-order valence-electron chi connectivity index (χ1n) is 13.2. The number of aromatic nitrogens is 3. The van der Waals surface area contributed by atoms with E-state index in [1.165, 1.54) is 11.8 Å². The van der Waals surface area contributed by atoms with Crippen molar-refractivity contribution in [3.63, 3.8) is 0 Å². The molecule has 0 amide bonds. The molecule has 0 saturated heterocycles. The van der Waals surface area contributed by atoms with E-state index in [1.54, 1.807) is 11.8 Å². The molecule has 212 valence electrons. The second-order valence-electron chi connectivity index (χ2n) is 9.54. The maximum atomic E-state index is 13.6. The smallest absolute Gasteiger partial charge is 0.338 e. The van der Waals surface area contributed by atoms with Gasteiger partial charge in [-0.05, 0) is 64.4 Å². The topological polar surface area (TPSA) is 87.5 Å². The van der Waals surface area contributed by atoms with E-state index in [-0.39, 0.29) is 6.61 Å². The first-order valence-corrected chi connectivity index (χ1v) is 15.0. The molecule has 1 unspecified atom stereocenters. The molecule has 8 nitrogen and oxygen atoms in total. The van der Waals surface area contributed by atoms with Crippen LogP contribution >= 0.6 is 27.7 Å². The SMILES string of the molecule is CCSc1nc2n(n1)C(c1cc(Br)c(OCc3cccc(C)c3)c(OC)c1)C(C(=O)OCc1ccccc1)=C(C)N2. The van der Waals surface area contributed by atoms with Crippen LogP contribution < -0.4 is 14.8 Å². The summed E-state index contributed by atoms with van der Waals surface area (Å²) in [4.78, 5) is 18.3. The average Bonchev–Trinajstić information content (AvgIpc) is 3.36. The van der Waals surface area contributed by atoms with E-state index < -0.39 is 12.0 Å². The van der Waals surface area contributed by atoms with Gasteiger partial charge in [0.05, 0.1) is 17.2 Å². The fourth-order valence-corrected chi connectivity index (χ4v) is 5.82. The highest BCUT2D eigenvalue weighted by Gasteiger charge is 2.36. The Labute approximate surface area is 252 Å². The van der Waals surface area contributed by atoms with Crippen molar-refractivity contribution in [1.82, 2.24) is 14.8 Å². The van der Waals surface area contributed by atoms with Gasteiger partial charge >= 0.3 is 5.97 Å². The summed E-state index contributed by atoms with van der Waals surface area (Å²) >= 11 is 5.23. The van der Waals surface area contributed by atoms with Crippen molar-refractivity contribution in [1.29, 1.82) is 0 Å². The first kappa shape index (κ1) is 28.8. The van der Waals surface area contributed by atoms with E-state index in [0.717, 1.165) is 28.0 Å². The summed E-state index contributed by atoms with van der Waals surface area (Å²) in [5.41, 5.74) is 4.98. The maximum Gasteiger partial charge on any atom is 0.338 e. The van der Waals surface area contributed by atoms with Crippen molar-refractivity contribution in [3.8, 4) is 11.5 Å². The predicted octanol–water partition coefficient (Wildman–Crippen LogP) is 7.08. The van der Waals surface area contributed by atoms with Gasteiger partial charge in [-0.25, -0.2) is 9.48 Å². The lowest BCUT2D eigenvalue weighted by Crippen LogP contribution is -2.29. The molecule has 1 N–H and O–H groups in total. The Bertz CT molecular complexity index is 1590. The van der Waals surface area contributed by atoms with E-state index in [4.69, 9.17) is 19.3 Å². The highest BCUT2D eigenvalue weighted by molar-refractivity contribution is 9.10. The molecule has 3 aromatic carbocycles. The van der Waals surface area contributed by atoms with Gasteiger partial charge in [-0.1, -0.05) is 78.8 Å². The quantitative estimate of drug-likeness (QED) is 0.146. The predicted molar refractivity (Wildman–Crippen MR) is 163 cm³/mol. The van der Waals surface area contributed by atoms with Gasteiger partial charge in [-0.2, -0.15) is 4.98 Å². The number of hydrogen-bond donors (Lipinski definition) is 1. The number of thioether (sulfide) groups is 1. The fourth-order valence-electron chi connectivity index (χ4n) is 4.69. The van der Waals surface area contributed by atoms with Crippen molar-refractivity contribution in [3.05, 3.63) is 105 Å². The summed E-state index contributed by atoms with van der Waals surface area (Å²) < 4.78 is 20.2. The number of ether oxygens (including phenoxy) is 3. The van der Waals surface area contributed by atoms with Crippen molar-refractivity contribution in [2.24, 2.45) is 0 Å². The zero-order valence-electron chi connectivity index (χ0n) is 23.3. The van der Waals surface area contributed by atoms with Crippen LogP contribution in [0.5, 0.6) is 11.5 Å². The van der Waals surface area contributed by atoms with Gasteiger partial charge < -0.3 is 19.5 Å². The highest BCUT2D eigenvalue weighted by atomic mass is 79.9. The zero-order chi connectivity index (χ0) is 28.9. The normalized spacial score (nSPS) is 14.3. The number of carbonyl (C=O) groups excluding carboxylic acids is 1. The monoisotopic (exact) mass is 634 g/mol. The van der Waals surface area contributed by atoms with E-state index >= 15 is 0 Å². The summed E-state index contributed by atoms with van der Waals surface area (Å²) in [6.07, 6.45) is 0. The number of aryl methyl sites for hydroxylation is 1. The molecule has 41 heavy (non-hydrogen) atoms. The molecule has 0 spiro atoms. The van der Waals surface area contributed by atoms with Crippen LogP contribution in [0.3, 0.4) is 0 Å². The molecule has 5 rings (SSSR count). The molecule has 1 atom stereocenters. The van der Waals surface area contributed by atoms with Gasteiger partial charge in [0.1, 0.15) is 19.3 Å². The van der Waals surface area contributed by atoms with Gasteiger partial charge in [0, 0.05) is 5.70 Å². The molecular weight excluding hydrogens is 604 g/mol. The minimum absolute atomic E-state index is 0.156. The molecule has 0 bridgehead atoms. The fraction of sp³-hybridized carbons (Fsp3) is 0.258. The standard InChI is InChI=1S/C31H31BrN4O4S/c1-5-41-31-34-30-33-20(3)26(29(37)40-17-21-11-7-6-8-12-21)27(36(30)35-31)23-15-24(32)28(25(16-23)38-4)39-18-22-13-9-10-19(2)14-22/h6-16,27H,5,17-18H2,1-4H3,(H,33,34,35).